The number of hydrogen-bond donors (Lipinski definition) is 1. The van der Waals surface area contributed by atoms with E-state index >= 15 is 0 Å². The highest BCUT2D eigenvalue weighted by Gasteiger charge is 2.55. The van der Waals surface area contributed by atoms with Crippen molar-refractivity contribution in [2.75, 3.05) is 35.8 Å². The molecule has 138 valence electrons. The van der Waals surface area contributed by atoms with Crippen molar-refractivity contribution in [3.05, 3.63) is 48.5 Å². The first-order valence-corrected chi connectivity index (χ1v) is 8.83. The number of amidine groups is 1. The van der Waals surface area contributed by atoms with Crippen LogP contribution in [0.3, 0.4) is 0 Å². The van der Waals surface area contributed by atoms with E-state index in [-0.39, 0.29) is 11.9 Å². The van der Waals surface area contributed by atoms with Crippen LogP contribution in [0.15, 0.2) is 48.5 Å². The van der Waals surface area contributed by atoms with E-state index in [0.29, 0.717) is 29.6 Å². The molecule has 0 spiro atoms. The topological polar surface area (TPSA) is 64.9 Å². The van der Waals surface area contributed by atoms with Gasteiger partial charge < -0.3 is 4.74 Å². The molecular formula is C20H21N4O3+. The van der Waals surface area contributed by atoms with Gasteiger partial charge in [-0.25, -0.2) is 15.0 Å². The zero-order valence-corrected chi connectivity index (χ0v) is 15.5. The lowest BCUT2D eigenvalue weighted by atomic mass is 10.1. The van der Waals surface area contributed by atoms with Crippen LogP contribution < -0.4 is 19.9 Å². The van der Waals surface area contributed by atoms with Gasteiger partial charge in [0.2, 0.25) is 6.04 Å². The van der Waals surface area contributed by atoms with E-state index in [0.717, 1.165) is 5.69 Å². The highest BCUT2D eigenvalue weighted by atomic mass is 16.5. The molecule has 3 amide bonds. The molecule has 1 unspecified atom stereocenters. The van der Waals surface area contributed by atoms with Crippen molar-refractivity contribution in [3.8, 4) is 5.75 Å². The predicted octanol–water partition coefficient (Wildman–Crippen LogP) is 2.52. The number of para-hydroxylation sites is 2. The van der Waals surface area contributed by atoms with Crippen LogP contribution in [0.25, 0.3) is 0 Å². The smallest absolute Gasteiger partial charge is 0.337 e. The summed E-state index contributed by atoms with van der Waals surface area (Å²) in [6.45, 7) is 2.46. The Morgan fingerprint density at radius 2 is 1.78 bits per heavy atom. The molecule has 0 bridgehead atoms. The Kier molecular flexibility index (Phi) is 4.07. The first-order valence-electron chi connectivity index (χ1n) is 8.83. The third kappa shape index (κ3) is 2.63. The van der Waals surface area contributed by atoms with E-state index in [9.17, 15) is 9.59 Å². The number of urea groups is 1. The number of ether oxygens (including phenoxy) is 1. The van der Waals surface area contributed by atoms with Gasteiger partial charge >= 0.3 is 6.03 Å². The highest BCUT2D eigenvalue weighted by molar-refractivity contribution is 6.37. The van der Waals surface area contributed by atoms with Crippen LogP contribution >= 0.6 is 0 Å². The summed E-state index contributed by atoms with van der Waals surface area (Å²) < 4.78 is 7.28. The Morgan fingerprint density at radius 1 is 1.07 bits per heavy atom. The molecule has 27 heavy (non-hydrogen) atoms. The molecule has 1 saturated heterocycles. The predicted molar refractivity (Wildman–Crippen MR) is 104 cm³/mol. The normalized spacial score (nSPS) is 18.2. The fraction of sp³-hybridized carbons (Fsp3) is 0.250. The van der Waals surface area contributed by atoms with Crippen LogP contribution in [-0.2, 0) is 4.79 Å². The van der Waals surface area contributed by atoms with E-state index in [2.05, 4.69) is 5.32 Å². The number of fused-ring (bicyclic) bond motifs is 3. The van der Waals surface area contributed by atoms with Gasteiger partial charge in [-0.2, -0.15) is 0 Å². The fourth-order valence-corrected chi connectivity index (χ4v) is 3.47. The van der Waals surface area contributed by atoms with Crippen molar-refractivity contribution in [3.63, 3.8) is 0 Å². The lowest BCUT2D eigenvalue weighted by molar-refractivity contribution is -0.465. The quantitative estimate of drug-likeness (QED) is 0.671. The number of rotatable bonds is 3. The summed E-state index contributed by atoms with van der Waals surface area (Å²) in [4.78, 5) is 29.2. The largest absolute Gasteiger partial charge is 0.494 e. The number of carbonyl (C=O) groups is 2. The van der Waals surface area contributed by atoms with Gasteiger partial charge in [-0.05, 0) is 43.3 Å². The Balaban J connectivity index is 1.79. The van der Waals surface area contributed by atoms with Crippen LogP contribution in [0.2, 0.25) is 0 Å². The monoisotopic (exact) mass is 365 g/mol. The first kappa shape index (κ1) is 17.1. The van der Waals surface area contributed by atoms with Crippen LogP contribution in [0.4, 0.5) is 21.9 Å². The number of amides is 3. The summed E-state index contributed by atoms with van der Waals surface area (Å²) in [5.74, 6) is 1.08. The van der Waals surface area contributed by atoms with Gasteiger partial charge in [-0.15, -0.1) is 0 Å². The Hall–Kier alpha value is -3.35. The molecule has 2 aliphatic rings. The lowest BCUT2D eigenvalue weighted by Gasteiger charge is -2.27. The van der Waals surface area contributed by atoms with Crippen molar-refractivity contribution in [1.82, 2.24) is 0 Å². The van der Waals surface area contributed by atoms with E-state index in [1.807, 2.05) is 49.9 Å². The molecule has 2 aliphatic heterocycles. The van der Waals surface area contributed by atoms with E-state index in [4.69, 9.17) is 4.74 Å². The van der Waals surface area contributed by atoms with Gasteiger partial charge in [-0.3, -0.25) is 14.3 Å². The molecule has 4 rings (SSSR count). The van der Waals surface area contributed by atoms with Crippen LogP contribution in [-0.4, -0.2) is 49.1 Å². The number of anilines is 3. The fourth-order valence-electron chi connectivity index (χ4n) is 3.47. The molecule has 7 nitrogen and oxygen atoms in total. The first-order chi connectivity index (χ1) is 13.0. The van der Waals surface area contributed by atoms with Gasteiger partial charge in [-0.1, -0.05) is 12.1 Å². The van der Waals surface area contributed by atoms with Gasteiger partial charge in [0.1, 0.15) is 11.4 Å². The van der Waals surface area contributed by atoms with E-state index < -0.39 is 6.04 Å². The molecule has 0 radical (unpaired) electrons. The molecule has 0 aliphatic carbocycles. The SMILES string of the molecule is CCOc1ccc(N2C(=O)C3C(=[N+](C)C)Nc4ccccc4N3C2=O)cc1. The zero-order valence-electron chi connectivity index (χ0n) is 15.5. The lowest BCUT2D eigenvalue weighted by Crippen LogP contribution is -2.51. The number of hydrogen-bond acceptors (Lipinski definition) is 3. The summed E-state index contributed by atoms with van der Waals surface area (Å²) in [7, 11) is 3.71. The van der Waals surface area contributed by atoms with Crippen LogP contribution in [0.1, 0.15) is 6.92 Å². The third-order valence-corrected chi connectivity index (χ3v) is 4.68. The molecule has 2 heterocycles. The van der Waals surface area contributed by atoms with Crippen molar-refractivity contribution in [2.24, 2.45) is 0 Å². The van der Waals surface area contributed by atoms with Gasteiger partial charge in [0, 0.05) is 0 Å². The molecular weight excluding hydrogens is 344 g/mol. The molecule has 1 N–H and O–H groups in total. The number of carbonyl (C=O) groups excluding carboxylic acids is 2. The molecule has 1 fully saturated rings. The molecule has 0 aromatic heterocycles. The Bertz CT molecular complexity index is 948. The van der Waals surface area contributed by atoms with E-state index in [1.165, 1.54) is 4.90 Å². The number of benzene rings is 2. The van der Waals surface area contributed by atoms with Crippen molar-refractivity contribution in [1.29, 1.82) is 0 Å². The van der Waals surface area contributed by atoms with Crippen LogP contribution in [0, 0.1) is 0 Å². The van der Waals surface area contributed by atoms with Crippen LogP contribution in [0.5, 0.6) is 5.75 Å². The second-order valence-electron chi connectivity index (χ2n) is 6.58. The van der Waals surface area contributed by atoms with Crippen molar-refractivity contribution < 1.29 is 18.9 Å². The number of nitrogens with zero attached hydrogens (tertiary/aromatic N) is 3. The van der Waals surface area contributed by atoms with Gasteiger partial charge in [0.15, 0.2) is 0 Å². The highest BCUT2D eigenvalue weighted by Crippen LogP contribution is 2.38. The second kappa shape index (κ2) is 6.42. The molecule has 2 aromatic carbocycles. The van der Waals surface area contributed by atoms with Crippen molar-refractivity contribution in [2.45, 2.75) is 13.0 Å². The molecule has 0 saturated carbocycles. The maximum Gasteiger partial charge on any atom is 0.337 e. The molecule has 1 atom stereocenters. The maximum absolute atomic E-state index is 13.2. The van der Waals surface area contributed by atoms with E-state index in [1.54, 1.807) is 29.2 Å². The second-order valence-corrected chi connectivity index (χ2v) is 6.58. The minimum absolute atomic E-state index is 0.283. The number of nitrogens with one attached hydrogen (secondary N) is 1. The number of imide groups is 1. The van der Waals surface area contributed by atoms with Gasteiger partial charge in [0.05, 0.1) is 32.1 Å². The minimum atomic E-state index is -0.714. The molecule has 2 aromatic rings. The summed E-state index contributed by atoms with van der Waals surface area (Å²) in [5.41, 5.74) is 2.02. The summed E-state index contributed by atoms with van der Waals surface area (Å²) >= 11 is 0. The Morgan fingerprint density at radius 3 is 2.44 bits per heavy atom. The minimum Gasteiger partial charge on any atom is -0.494 e. The van der Waals surface area contributed by atoms with Crippen molar-refractivity contribution >= 4 is 34.8 Å². The maximum atomic E-state index is 13.2. The summed E-state index contributed by atoms with van der Waals surface area (Å²) in [6, 6.07) is 13.4. The summed E-state index contributed by atoms with van der Waals surface area (Å²) in [6.07, 6.45) is 0. The third-order valence-electron chi connectivity index (χ3n) is 4.68. The average Bonchev–Trinajstić information content (AvgIpc) is 2.93. The molecule has 7 heteroatoms. The Labute approximate surface area is 157 Å². The average molecular weight is 365 g/mol. The summed E-state index contributed by atoms with van der Waals surface area (Å²) in [5, 5.41) is 3.30. The van der Waals surface area contributed by atoms with Gasteiger partial charge in [0.25, 0.3) is 11.7 Å². The zero-order chi connectivity index (χ0) is 19.1. The standard InChI is InChI=1S/C20H20N4O3/c1-4-27-14-11-9-13(10-12-14)23-19(25)17-18(22(2)3)21-15-7-5-6-8-16(15)24(17)20(23)26/h5-12,17H,4H2,1-3H3/p+1.